The van der Waals surface area contributed by atoms with Crippen LogP contribution in [0.25, 0.3) is 0 Å². The van der Waals surface area contributed by atoms with Gasteiger partial charge in [0.25, 0.3) is 0 Å². The van der Waals surface area contributed by atoms with Crippen molar-refractivity contribution < 1.29 is 23.1 Å². The average Bonchev–Trinajstić information content (AvgIpc) is 2.98. The highest BCUT2D eigenvalue weighted by Gasteiger charge is 2.40. The van der Waals surface area contributed by atoms with E-state index in [-0.39, 0.29) is 18.0 Å². The number of unbranched alkanes of at least 4 members (excludes halogenated alkanes) is 2. The maximum Gasteiger partial charge on any atom is 0.467 e. The van der Waals surface area contributed by atoms with Crippen LogP contribution in [0.1, 0.15) is 85.0 Å². The molecule has 1 saturated carbocycles. The number of alkyl halides is 1. The van der Waals surface area contributed by atoms with Crippen molar-refractivity contribution in [3.63, 3.8) is 0 Å². The van der Waals surface area contributed by atoms with Crippen molar-refractivity contribution in [2.24, 2.45) is 17.8 Å². The number of carbonyl (C=O) groups is 2. The van der Waals surface area contributed by atoms with Crippen molar-refractivity contribution in [1.82, 2.24) is 0 Å². The number of carbonyl (C=O) groups excluding carboxylic acids is 2. The van der Waals surface area contributed by atoms with Crippen LogP contribution in [0, 0.1) is 17.8 Å². The Labute approximate surface area is 191 Å². The third-order valence-electron chi connectivity index (χ3n) is 6.21. The number of Topliss-reactive ketones (excluding diaryl/α,β-unsaturated/α-hetero) is 1. The first-order valence-corrected chi connectivity index (χ1v) is 14.6. The molecule has 0 aromatic heterocycles. The van der Waals surface area contributed by atoms with Crippen molar-refractivity contribution in [3.8, 4) is 0 Å². The highest BCUT2D eigenvalue weighted by molar-refractivity contribution is 6.48. The van der Waals surface area contributed by atoms with Crippen molar-refractivity contribution >= 4 is 20.8 Å². The molecule has 0 saturated heterocycles. The molecule has 0 heterocycles. The van der Waals surface area contributed by atoms with Gasteiger partial charge in [-0.05, 0) is 57.3 Å². The monoisotopic (exact) mass is 455 g/mol. The molecule has 0 bridgehead atoms. The van der Waals surface area contributed by atoms with E-state index in [1.165, 1.54) is 0 Å². The van der Waals surface area contributed by atoms with E-state index in [0.717, 1.165) is 38.5 Å². The summed E-state index contributed by atoms with van der Waals surface area (Å²) in [7, 11) is -0.968. The molecule has 0 aliphatic heterocycles. The van der Waals surface area contributed by atoms with Gasteiger partial charge in [-0.2, -0.15) is 0 Å². The van der Waals surface area contributed by atoms with Crippen LogP contribution in [0.2, 0.25) is 13.1 Å². The molecule has 1 fully saturated rings. The Morgan fingerprint density at radius 1 is 1.23 bits per heavy atom. The summed E-state index contributed by atoms with van der Waals surface area (Å²) in [4.78, 5) is 24.0. The van der Waals surface area contributed by atoms with E-state index in [1.807, 2.05) is 6.92 Å². The quantitative estimate of drug-likeness (QED) is 0.116. The summed E-state index contributed by atoms with van der Waals surface area (Å²) in [5.41, 5.74) is 0. The summed E-state index contributed by atoms with van der Waals surface area (Å²) >= 11 is 0. The molecule has 0 amide bonds. The van der Waals surface area contributed by atoms with Crippen LogP contribution in [0.4, 0.5) is 4.39 Å². The first-order chi connectivity index (χ1) is 14.8. The van der Waals surface area contributed by atoms with Crippen molar-refractivity contribution in [2.75, 3.05) is 6.61 Å². The molecule has 6 heteroatoms. The zero-order chi connectivity index (χ0) is 23.2. The van der Waals surface area contributed by atoms with Gasteiger partial charge in [0.05, 0.1) is 19.7 Å². The fourth-order valence-corrected chi connectivity index (χ4v) is 5.43. The lowest BCUT2D eigenvalue weighted by molar-refractivity contribution is -0.143. The molecule has 1 aliphatic rings. The lowest BCUT2D eigenvalue weighted by atomic mass is 9.83. The van der Waals surface area contributed by atoms with E-state index in [9.17, 15) is 14.0 Å². The van der Waals surface area contributed by atoms with Crippen LogP contribution in [-0.4, -0.2) is 39.7 Å². The number of ether oxygens (including phenoxy) is 1. The number of rotatable bonds is 16. The van der Waals surface area contributed by atoms with Gasteiger partial charge in [-0.15, -0.1) is 0 Å². The Bertz CT molecular complexity index is 552. The van der Waals surface area contributed by atoms with Crippen LogP contribution in [0.3, 0.4) is 0 Å². The Kier molecular flexibility index (Phi) is 14.2. The molecule has 4 unspecified atom stereocenters. The second-order valence-electron chi connectivity index (χ2n) is 9.12. The fourth-order valence-electron chi connectivity index (χ4n) is 4.56. The smallest absolute Gasteiger partial charge is 0.466 e. The number of allylic oxidation sites excluding steroid dienone is 2. The zero-order valence-electron chi connectivity index (χ0n) is 20.3. The van der Waals surface area contributed by atoms with E-state index >= 15 is 0 Å². The molecule has 1 aliphatic carbocycles. The van der Waals surface area contributed by atoms with Gasteiger partial charge in [0.1, 0.15) is 18.1 Å². The lowest BCUT2D eigenvalue weighted by Gasteiger charge is -2.24. The highest BCUT2D eigenvalue weighted by atomic mass is 28.3. The molecule has 0 aromatic carbocycles. The zero-order valence-corrected chi connectivity index (χ0v) is 21.3. The summed E-state index contributed by atoms with van der Waals surface area (Å²) < 4.78 is 25.7. The molecular weight excluding hydrogens is 411 g/mol. The summed E-state index contributed by atoms with van der Waals surface area (Å²) in [6.07, 6.45) is 10.3. The van der Waals surface area contributed by atoms with Gasteiger partial charge in [0.2, 0.25) is 0 Å². The minimum atomic E-state index is -0.968. The SMILES string of the molecule is CCCCC(F)C(CC[C@H]1C(C)CC(=O)C1C/C=C\CCCC(=O)OCC)O[Si+](C)C. The van der Waals surface area contributed by atoms with Crippen LogP contribution in [-0.2, 0) is 18.8 Å². The molecule has 0 N–H and O–H groups in total. The molecule has 5 atom stereocenters. The first kappa shape index (κ1) is 28.0. The van der Waals surface area contributed by atoms with E-state index in [2.05, 4.69) is 39.1 Å². The number of hydrogen-bond acceptors (Lipinski definition) is 4. The summed E-state index contributed by atoms with van der Waals surface area (Å²) in [6, 6.07) is 0. The lowest BCUT2D eigenvalue weighted by Crippen LogP contribution is -2.31. The predicted molar refractivity (Wildman–Crippen MR) is 126 cm³/mol. The Hall–Kier alpha value is -1.01. The molecule has 0 spiro atoms. The Morgan fingerprint density at radius 2 is 1.97 bits per heavy atom. The topological polar surface area (TPSA) is 52.6 Å². The molecule has 0 radical (unpaired) electrons. The summed E-state index contributed by atoms with van der Waals surface area (Å²) in [5.74, 6) is 0.854. The minimum absolute atomic E-state index is 0.0266. The van der Waals surface area contributed by atoms with E-state index < -0.39 is 15.2 Å². The first-order valence-electron chi connectivity index (χ1n) is 12.2. The summed E-state index contributed by atoms with van der Waals surface area (Å²) in [6.45, 7) is 10.6. The van der Waals surface area contributed by atoms with E-state index in [1.54, 1.807) is 0 Å². The molecule has 31 heavy (non-hydrogen) atoms. The second-order valence-corrected chi connectivity index (χ2v) is 11.2. The summed E-state index contributed by atoms with van der Waals surface area (Å²) in [5, 5.41) is 0. The molecule has 4 nitrogen and oxygen atoms in total. The normalized spacial score (nSPS) is 23.3. The Balaban J connectivity index is 2.56. The van der Waals surface area contributed by atoms with E-state index in [0.29, 0.717) is 49.9 Å². The fraction of sp³-hybridized carbons (Fsp3) is 0.840. The van der Waals surface area contributed by atoms with Gasteiger partial charge in [0, 0.05) is 18.8 Å². The van der Waals surface area contributed by atoms with Crippen LogP contribution in [0.15, 0.2) is 12.2 Å². The Morgan fingerprint density at radius 3 is 2.61 bits per heavy atom. The largest absolute Gasteiger partial charge is 0.467 e. The number of ketones is 1. The maximum atomic E-state index is 14.8. The standard InChI is InChI=1S/C25H44FO4Si/c1-6-8-14-22(26)24(30-31(4)5)17-16-20-19(3)18-23(27)21(20)13-11-9-10-12-15-25(28)29-7-2/h9,11,19-22,24H,6-8,10,12-18H2,1-5H3/q+1/b11-9-/t19?,20-,21?,22?,24?/m0/s1. The average molecular weight is 456 g/mol. The third kappa shape index (κ3) is 10.9. The van der Waals surface area contributed by atoms with Crippen molar-refractivity contribution in [3.05, 3.63) is 12.2 Å². The van der Waals surface area contributed by atoms with Crippen molar-refractivity contribution in [2.45, 2.75) is 110 Å². The second kappa shape index (κ2) is 15.7. The van der Waals surface area contributed by atoms with E-state index in [4.69, 9.17) is 9.16 Å². The van der Waals surface area contributed by atoms with Crippen LogP contribution < -0.4 is 0 Å². The van der Waals surface area contributed by atoms with Gasteiger partial charge in [-0.1, -0.05) is 38.8 Å². The minimum Gasteiger partial charge on any atom is -0.466 e. The number of hydrogen-bond donors (Lipinski definition) is 0. The predicted octanol–water partition coefficient (Wildman–Crippen LogP) is 6.45. The van der Waals surface area contributed by atoms with Crippen LogP contribution in [0.5, 0.6) is 0 Å². The van der Waals surface area contributed by atoms with Gasteiger partial charge in [0.15, 0.2) is 0 Å². The molecule has 0 aromatic rings. The highest BCUT2D eigenvalue weighted by Crippen LogP contribution is 2.40. The number of esters is 1. The molecular formula is C25H44FO4Si+. The third-order valence-corrected chi connectivity index (χ3v) is 6.98. The van der Waals surface area contributed by atoms with Crippen LogP contribution >= 0.6 is 0 Å². The molecule has 178 valence electrons. The van der Waals surface area contributed by atoms with Gasteiger partial charge >= 0.3 is 15.0 Å². The van der Waals surface area contributed by atoms with Crippen molar-refractivity contribution in [1.29, 1.82) is 0 Å². The molecule has 1 rings (SSSR count). The number of halogens is 1. The van der Waals surface area contributed by atoms with Gasteiger partial charge in [-0.25, -0.2) is 8.82 Å². The van der Waals surface area contributed by atoms with Gasteiger partial charge in [-0.3, -0.25) is 9.59 Å². The maximum absolute atomic E-state index is 14.8. The van der Waals surface area contributed by atoms with Gasteiger partial charge < -0.3 is 4.74 Å².